The summed E-state index contributed by atoms with van der Waals surface area (Å²) < 4.78 is 5.59. The fourth-order valence-corrected chi connectivity index (χ4v) is 5.08. The van der Waals surface area contributed by atoms with E-state index in [0.717, 1.165) is 22.3 Å². The molecule has 34 heavy (non-hydrogen) atoms. The number of rotatable bonds is 7. The first-order chi connectivity index (χ1) is 16.6. The standard InChI is InChI=1S/C31H29NO2/c1-3-34-30(33)31(2)29(27-21-19-24(20-22-27)23-13-7-4-8-14-23)32(31)28(25-15-9-5-10-16-25)26-17-11-6-12-18-26/h4-22,28-29H,3H2,1-2H3/t29-,31-,32?/m1/s1. The minimum Gasteiger partial charge on any atom is -0.465 e. The lowest BCUT2D eigenvalue weighted by atomic mass is 9.98. The minimum atomic E-state index is -0.749. The van der Waals surface area contributed by atoms with Crippen molar-refractivity contribution in [3.8, 4) is 11.1 Å². The molecule has 4 aromatic rings. The van der Waals surface area contributed by atoms with Crippen LogP contribution in [0, 0.1) is 0 Å². The van der Waals surface area contributed by atoms with Crippen LogP contribution in [0.2, 0.25) is 0 Å². The van der Waals surface area contributed by atoms with Gasteiger partial charge in [0.05, 0.1) is 18.7 Å². The Labute approximate surface area is 201 Å². The van der Waals surface area contributed by atoms with E-state index in [2.05, 4.69) is 89.8 Å². The van der Waals surface area contributed by atoms with Gasteiger partial charge in [0.1, 0.15) is 5.54 Å². The lowest BCUT2D eigenvalue weighted by Crippen LogP contribution is -2.30. The normalized spacial score (nSPS) is 21.3. The van der Waals surface area contributed by atoms with Gasteiger partial charge in [-0.1, -0.05) is 115 Å². The van der Waals surface area contributed by atoms with Crippen molar-refractivity contribution in [1.29, 1.82) is 0 Å². The van der Waals surface area contributed by atoms with Gasteiger partial charge in [0, 0.05) is 0 Å². The van der Waals surface area contributed by atoms with Gasteiger partial charge in [0.15, 0.2) is 0 Å². The summed E-state index contributed by atoms with van der Waals surface area (Å²) in [5, 5.41) is 0. The monoisotopic (exact) mass is 447 g/mol. The molecule has 0 N–H and O–H groups in total. The van der Waals surface area contributed by atoms with Gasteiger partial charge < -0.3 is 4.74 Å². The maximum absolute atomic E-state index is 13.3. The predicted molar refractivity (Wildman–Crippen MR) is 136 cm³/mol. The van der Waals surface area contributed by atoms with Gasteiger partial charge in [-0.2, -0.15) is 0 Å². The van der Waals surface area contributed by atoms with E-state index >= 15 is 0 Å². The summed E-state index contributed by atoms with van der Waals surface area (Å²) >= 11 is 0. The van der Waals surface area contributed by atoms with Gasteiger partial charge in [0.25, 0.3) is 0 Å². The Morgan fingerprint density at radius 2 is 1.24 bits per heavy atom. The van der Waals surface area contributed by atoms with Crippen LogP contribution in [-0.2, 0) is 9.53 Å². The second kappa shape index (κ2) is 9.28. The van der Waals surface area contributed by atoms with Crippen LogP contribution in [0.1, 0.15) is 42.6 Å². The van der Waals surface area contributed by atoms with E-state index < -0.39 is 5.54 Å². The molecule has 1 aliphatic rings. The Hall–Kier alpha value is -3.69. The fourth-order valence-electron chi connectivity index (χ4n) is 5.08. The van der Waals surface area contributed by atoms with Crippen LogP contribution < -0.4 is 0 Å². The molecule has 1 heterocycles. The lowest BCUT2D eigenvalue weighted by molar-refractivity contribution is -0.147. The van der Waals surface area contributed by atoms with Gasteiger partial charge >= 0.3 is 5.97 Å². The van der Waals surface area contributed by atoms with Crippen LogP contribution in [-0.4, -0.2) is 23.0 Å². The van der Waals surface area contributed by atoms with Crippen LogP contribution >= 0.6 is 0 Å². The molecule has 1 unspecified atom stereocenters. The van der Waals surface area contributed by atoms with E-state index in [-0.39, 0.29) is 18.1 Å². The molecule has 4 aromatic carbocycles. The maximum Gasteiger partial charge on any atom is 0.328 e. The third-order valence-electron chi connectivity index (χ3n) is 6.81. The van der Waals surface area contributed by atoms with Crippen LogP contribution in [0.3, 0.4) is 0 Å². The van der Waals surface area contributed by atoms with Crippen LogP contribution in [0.25, 0.3) is 11.1 Å². The summed E-state index contributed by atoms with van der Waals surface area (Å²) in [6, 6.07) is 39.6. The SMILES string of the molecule is CCOC(=O)[C@@]1(C)[C@@H](c2ccc(-c3ccccc3)cc2)N1C(c1ccccc1)c1ccccc1. The predicted octanol–water partition coefficient (Wildman–Crippen LogP) is 6.82. The van der Waals surface area contributed by atoms with Crippen LogP contribution in [0.5, 0.6) is 0 Å². The lowest BCUT2D eigenvalue weighted by Gasteiger charge is -2.23. The number of hydrogen-bond acceptors (Lipinski definition) is 3. The zero-order valence-electron chi connectivity index (χ0n) is 19.6. The van der Waals surface area contributed by atoms with Crippen molar-refractivity contribution in [3.05, 3.63) is 132 Å². The molecule has 0 aromatic heterocycles. The summed E-state index contributed by atoms with van der Waals surface area (Å²) in [5.41, 5.74) is 5.03. The first-order valence-corrected chi connectivity index (χ1v) is 11.9. The highest BCUT2D eigenvalue weighted by atomic mass is 16.5. The highest BCUT2D eigenvalue weighted by Crippen LogP contribution is 2.60. The van der Waals surface area contributed by atoms with Gasteiger partial charge in [-0.25, -0.2) is 4.79 Å². The van der Waals surface area contributed by atoms with Crippen molar-refractivity contribution < 1.29 is 9.53 Å². The maximum atomic E-state index is 13.3. The molecule has 3 atom stereocenters. The van der Waals surface area contributed by atoms with Gasteiger partial charge in [-0.15, -0.1) is 0 Å². The minimum absolute atomic E-state index is 0.0596. The first-order valence-electron chi connectivity index (χ1n) is 11.9. The van der Waals surface area contributed by atoms with Crippen LogP contribution in [0.4, 0.5) is 0 Å². The average Bonchev–Trinajstić information content (AvgIpc) is 3.52. The summed E-state index contributed by atoms with van der Waals surface area (Å²) in [6.45, 7) is 4.24. The molecule has 1 fully saturated rings. The average molecular weight is 448 g/mol. The number of nitrogens with zero attached hydrogens (tertiary/aromatic N) is 1. The van der Waals surface area contributed by atoms with E-state index in [1.165, 1.54) is 5.56 Å². The topological polar surface area (TPSA) is 29.3 Å². The molecule has 0 aliphatic carbocycles. The smallest absolute Gasteiger partial charge is 0.328 e. The summed E-state index contributed by atoms with van der Waals surface area (Å²) in [6.07, 6.45) is 0. The number of ether oxygens (including phenoxy) is 1. The molecule has 5 rings (SSSR count). The molecule has 1 saturated heterocycles. The molecular weight excluding hydrogens is 418 g/mol. The van der Waals surface area contributed by atoms with Crippen molar-refractivity contribution in [3.63, 3.8) is 0 Å². The second-order valence-corrected chi connectivity index (χ2v) is 8.89. The molecule has 1 aliphatic heterocycles. The Morgan fingerprint density at radius 3 is 1.74 bits per heavy atom. The summed E-state index contributed by atoms with van der Waals surface area (Å²) in [5.74, 6) is -0.177. The van der Waals surface area contributed by atoms with E-state index in [4.69, 9.17) is 4.74 Å². The van der Waals surface area contributed by atoms with Crippen molar-refractivity contribution in [1.82, 2.24) is 4.90 Å². The largest absolute Gasteiger partial charge is 0.465 e. The van der Waals surface area contributed by atoms with E-state index in [1.807, 2.05) is 44.2 Å². The molecule has 3 nitrogen and oxygen atoms in total. The molecule has 3 heteroatoms. The number of benzene rings is 4. The zero-order chi connectivity index (χ0) is 23.5. The molecule has 0 spiro atoms. The van der Waals surface area contributed by atoms with Crippen molar-refractivity contribution in [2.24, 2.45) is 0 Å². The zero-order valence-corrected chi connectivity index (χ0v) is 19.6. The Kier molecular flexibility index (Phi) is 6.04. The number of carbonyl (C=O) groups is 1. The molecule has 0 bridgehead atoms. The Morgan fingerprint density at radius 1 is 0.765 bits per heavy atom. The van der Waals surface area contributed by atoms with Crippen molar-refractivity contribution in [2.75, 3.05) is 6.61 Å². The Bertz CT molecular complexity index is 1200. The van der Waals surface area contributed by atoms with Crippen molar-refractivity contribution in [2.45, 2.75) is 31.5 Å². The highest BCUT2D eigenvalue weighted by molar-refractivity contribution is 5.86. The third kappa shape index (κ3) is 3.93. The third-order valence-corrected chi connectivity index (χ3v) is 6.81. The van der Waals surface area contributed by atoms with Crippen LogP contribution in [0.15, 0.2) is 115 Å². The van der Waals surface area contributed by atoms with Gasteiger partial charge in [-0.3, -0.25) is 4.90 Å². The second-order valence-electron chi connectivity index (χ2n) is 8.89. The quantitative estimate of drug-likeness (QED) is 0.230. The molecule has 0 saturated carbocycles. The highest BCUT2D eigenvalue weighted by Gasteiger charge is 2.68. The number of carbonyl (C=O) groups excluding carboxylic acids is 1. The van der Waals surface area contributed by atoms with Gasteiger partial charge in [0.2, 0.25) is 0 Å². The molecular formula is C31H29NO2. The summed E-state index contributed by atoms with van der Waals surface area (Å²) in [4.78, 5) is 15.6. The molecule has 0 radical (unpaired) electrons. The van der Waals surface area contributed by atoms with Crippen molar-refractivity contribution >= 4 is 5.97 Å². The molecule has 0 amide bonds. The van der Waals surface area contributed by atoms with E-state index in [1.54, 1.807) is 0 Å². The summed E-state index contributed by atoms with van der Waals surface area (Å²) in [7, 11) is 0. The number of hydrogen-bond donors (Lipinski definition) is 0. The fraction of sp³-hybridized carbons (Fsp3) is 0.194. The van der Waals surface area contributed by atoms with Gasteiger partial charge in [-0.05, 0) is 41.7 Å². The van der Waals surface area contributed by atoms with E-state index in [0.29, 0.717) is 6.61 Å². The Balaban J connectivity index is 1.57. The molecule has 170 valence electrons. The first kappa shape index (κ1) is 22.1. The number of esters is 1. The van der Waals surface area contributed by atoms with E-state index in [9.17, 15) is 4.79 Å².